The number of hydrogen-bond acceptors (Lipinski definition) is 33. The number of rotatable bonds is 24. The van der Waals surface area contributed by atoms with Crippen LogP contribution < -0.4 is 4.74 Å². The Balaban J connectivity index is 1.28. The third kappa shape index (κ3) is 16.5. The van der Waals surface area contributed by atoms with Gasteiger partial charge in [0, 0.05) is 19.1 Å². The summed E-state index contributed by atoms with van der Waals surface area (Å²) in [7, 11) is 1.25. The third-order valence-corrected chi connectivity index (χ3v) is 15.2. The number of aromatic hydroxyl groups is 2. The molecule has 5 aliphatic rings. The van der Waals surface area contributed by atoms with E-state index in [0.29, 0.717) is 5.56 Å². The Morgan fingerprint density at radius 3 is 1.65 bits per heavy atom. The lowest BCUT2D eigenvalue weighted by Crippen LogP contribution is -2.69. The van der Waals surface area contributed by atoms with Crippen molar-refractivity contribution in [2.24, 2.45) is 0 Å². The molecule has 91 heavy (non-hydrogen) atoms. The maximum absolute atomic E-state index is 14.2. The van der Waals surface area contributed by atoms with E-state index in [4.69, 9.17) is 66.3 Å². The normalized spacial score (nSPS) is 36.8. The smallest absolute Gasteiger partial charge is 0.338 e. The van der Waals surface area contributed by atoms with Crippen LogP contribution in [0, 0.1) is 0 Å². The van der Waals surface area contributed by atoms with Crippen LogP contribution in [0.4, 0.5) is 0 Å². The number of carbonyl (C=O) groups is 4. The van der Waals surface area contributed by atoms with Gasteiger partial charge in [-0.2, -0.15) is 0 Å². The molecule has 0 aromatic heterocycles. The van der Waals surface area contributed by atoms with Gasteiger partial charge in [-0.25, -0.2) is 14.4 Å². The largest absolute Gasteiger partial charge is 0.508 e. The van der Waals surface area contributed by atoms with Gasteiger partial charge in [0.25, 0.3) is 0 Å². The first-order valence-corrected chi connectivity index (χ1v) is 28.2. The number of phenols is 2. The second-order valence-corrected chi connectivity index (χ2v) is 21.4. The zero-order valence-electron chi connectivity index (χ0n) is 48.3. The molecule has 3 aromatic carbocycles. The fourth-order valence-electron chi connectivity index (χ4n) is 10.4. The fraction of sp³-hybridized carbons (Fsp3) is 0.552. The Kier molecular flexibility index (Phi) is 24.3. The lowest BCUT2D eigenvalue weighted by Gasteiger charge is -2.51. The molecule has 0 saturated carbocycles. The van der Waals surface area contributed by atoms with Crippen LogP contribution in [0.15, 0.2) is 84.9 Å². The Bertz CT molecular complexity index is 2930. The van der Waals surface area contributed by atoms with E-state index in [1.54, 1.807) is 6.07 Å². The highest BCUT2D eigenvalue weighted by Crippen LogP contribution is 2.43. The molecule has 8 rings (SSSR count). The van der Waals surface area contributed by atoms with Gasteiger partial charge in [0.15, 0.2) is 48.9 Å². The van der Waals surface area contributed by atoms with Crippen molar-refractivity contribution in [1.82, 2.24) is 0 Å². The summed E-state index contributed by atoms with van der Waals surface area (Å²) in [6.07, 6.45) is -45.3. The molecule has 15 N–H and O–H groups in total. The molecule has 0 bridgehead atoms. The SMILES string of the molecule is COc1cc(C=CC(=O)OC2C(CO)OC(OC3(COC(=O)C=Cc4ccc(O)cc4)OC(CO)C(O)C3OC(=O)c3ccccc3)C(OC3OC(CO)C(O)C(O)C3O)C2OC2OC(COC(C)=O)C(O)C(OC3OC(CO)C(O)C(O)C3O)C2O)ccc1O. The Labute approximate surface area is 516 Å². The van der Waals surface area contributed by atoms with Crippen molar-refractivity contribution >= 4 is 36.0 Å². The number of ether oxygens (including phenoxy) is 14. The summed E-state index contributed by atoms with van der Waals surface area (Å²) in [5.41, 5.74) is 0.448. The van der Waals surface area contributed by atoms with Crippen molar-refractivity contribution in [1.29, 1.82) is 0 Å². The van der Waals surface area contributed by atoms with Gasteiger partial charge in [0.1, 0.15) is 123 Å². The van der Waals surface area contributed by atoms with Crippen molar-refractivity contribution in [3.05, 3.63) is 102 Å². The summed E-state index contributed by atoms with van der Waals surface area (Å²) < 4.78 is 82.8. The summed E-state index contributed by atoms with van der Waals surface area (Å²) in [4.78, 5) is 54.3. The minimum Gasteiger partial charge on any atom is -0.508 e. The summed E-state index contributed by atoms with van der Waals surface area (Å²) in [5, 5.41) is 164. The quantitative estimate of drug-likeness (QED) is 0.0226. The van der Waals surface area contributed by atoms with Gasteiger partial charge in [0.2, 0.25) is 5.79 Å². The number of aliphatic hydroxyl groups excluding tert-OH is 13. The molecule has 33 heteroatoms. The Morgan fingerprint density at radius 1 is 0.516 bits per heavy atom. The van der Waals surface area contributed by atoms with Crippen molar-refractivity contribution in [3.8, 4) is 17.2 Å². The van der Waals surface area contributed by atoms with Gasteiger partial charge in [-0.3, -0.25) is 4.79 Å². The fourth-order valence-corrected chi connectivity index (χ4v) is 10.4. The topological polar surface area (TPSA) is 501 Å². The number of carbonyl (C=O) groups excluding carboxylic acids is 4. The average Bonchev–Trinajstić information content (AvgIpc) is 1.77. The molecule has 0 radical (unpaired) electrons. The number of phenolic OH excluding ortho intramolecular Hbond substituents is 2. The number of methoxy groups -OCH3 is 1. The van der Waals surface area contributed by atoms with Gasteiger partial charge in [-0.05, 0) is 59.7 Å². The second kappa shape index (κ2) is 31.4. The van der Waals surface area contributed by atoms with Crippen LogP contribution >= 0.6 is 0 Å². The predicted octanol–water partition coefficient (Wildman–Crippen LogP) is -5.54. The van der Waals surface area contributed by atoms with Crippen molar-refractivity contribution in [3.63, 3.8) is 0 Å². The van der Waals surface area contributed by atoms with E-state index < -0.39 is 210 Å². The lowest BCUT2D eigenvalue weighted by atomic mass is 9.95. The molecule has 5 saturated heterocycles. The number of aliphatic hydroxyl groups is 13. The summed E-state index contributed by atoms with van der Waals surface area (Å²) in [6.45, 7) is -5.58. The molecule has 502 valence electrons. The highest BCUT2D eigenvalue weighted by molar-refractivity contribution is 5.90. The van der Waals surface area contributed by atoms with Crippen LogP contribution in [0.25, 0.3) is 12.2 Å². The average molecular weight is 1300 g/mol. The number of hydrogen-bond donors (Lipinski definition) is 15. The third-order valence-electron chi connectivity index (χ3n) is 15.2. The van der Waals surface area contributed by atoms with Crippen LogP contribution in [0.3, 0.4) is 0 Å². The van der Waals surface area contributed by atoms with Crippen molar-refractivity contribution < 1.29 is 162 Å². The lowest BCUT2D eigenvalue weighted by molar-refractivity contribution is -0.423. The highest BCUT2D eigenvalue weighted by atomic mass is 16.8. The Morgan fingerprint density at radius 2 is 1.05 bits per heavy atom. The van der Waals surface area contributed by atoms with E-state index >= 15 is 0 Å². The minimum atomic E-state index is -2.98. The van der Waals surface area contributed by atoms with E-state index in [-0.39, 0.29) is 28.4 Å². The van der Waals surface area contributed by atoms with Gasteiger partial charge < -0.3 is 143 Å². The zero-order valence-corrected chi connectivity index (χ0v) is 48.3. The van der Waals surface area contributed by atoms with Gasteiger partial charge >= 0.3 is 23.9 Å². The molecule has 0 amide bonds. The first-order chi connectivity index (χ1) is 43.4. The van der Waals surface area contributed by atoms with E-state index in [0.717, 1.165) is 19.1 Å². The maximum atomic E-state index is 14.2. The van der Waals surface area contributed by atoms with Crippen molar-refractivity contribution in [2.45, 2.75) is 154 Å². The van der Waals surface area contributed by atoms with E-state index in [2.05, 4.69) is 0 Å². The molecule has 5 fully saturated rings. The predicted molar refractivity (Wildman–Crippen MR) is 294 cm³/mol. The van der Waals surface area contributed by atoms with Crippen LogP contribution in [-0.4, -0.2) is 294 Å². The van der Waals surface area contributed by atoms with E-state index in [1.165, 1.54) is 86.0 Å². The van der Waals surface area contributed by atoms with Gasteiger partial charge in [-0.1, -0.05) is 36.4 Å². The van der Waals surface area contributed by atoms with E-state index in [1.807, 2.05) is 0 Å². The molecule has 5 aliphatic heterocycles. The molecule has 24 atom stereocenters. The number of esters is 4. The summed E-state index contributed by atoms with van der Waals surface area (Å²) in [6, 6.07) is 16.5. The molecular weight excluding hydrogens is 1220 g/mol. The second-order valence-electron chi connectivity index (χ2n) is 21.4. The standard InChI is InChI=1S/C58H72O33/c1-25(63)79-23-36-41(70)49(86-54-45(74)43(72)39(68)32(19-59)81-54)47(76)56(84-36)87-50-48(85-38(67)17-12-27-10-15-30(65)31(18-27)78-2)35(22-62)83-57(51(50)88-55-46(75)44(73)40(69)33(20-60)82-55)91-58(24-80-37(66)16-11-26-8-13-29(64)14-9-26)52(42(71)34(21-61)90-58)89-53(77)28-6-4-3-5-7-28/h3-18,32-36,39-52,54-57,59-62,64-65,68-76H,19-24H2,1-2H3. The maximum Gasteiger partial charge on any atom is 0.338 e. The monoisotopic (exact) mass is 1300 g/mol. The minimum absolute atomic E-state index is 0.0274. The van der Waals surface area contributed by atoms with E-state index in [9.17, 15) is 95.8 Å². The van der Waals surface area contributed by atoms with Crippen LogP contribution in [0.2, 0.25) is 0 Å². The number of benzene rings is 3. The highest BCUT2D eigenvalue weighted by Gasteiger charge is 2.64. The zero-order chi connectivity index (χ0) is 66.0. The molecular formula is C58H72O33. The first-order valence-electron chi connectivity index (χ1n) is 28.2. The van der Waals surface area contributed by atoms with Gasteiger partial charge in [-0.15, -0.1) is 0 Å². The van der Waals surface area contributed by atoms with Crippen LogP contribution in [0.5, 0.6) is 17.2 Å². The molecule has 3 aromatic rings. The first kappa shape index (κ1) is 70.4. The van der Waals surface area contributed by atoms with Crippen molar-refractivity contribution in [2.75, 3.05) is 46.8 Å². The molecule has 5 heterocycles. The molecule has 0 spiro atoms. The molecule has 33 nitrogen and oxygen atoms in total. The van der Waals surface area contributed by atoms with Crippen LogP contribution in [-0.2, 0) is 76.0 Å². The molecule has 0 aliphatic carbocycles. The Hall–Kier alpha value is -6.46. The summed E-state index contributed by atoms with van der Waals surface area (Å²) in [5.74, 6) is -8.05. The molecule has 24 unspecified atom stereocenters. The van der Waals surface area contributed by atoms with Crippen LogP contribution in [0.1, 0.15) is 28.4 Å². The van der Waals surface area contributed by atoms with Gasteiger partial charge in [0.05, 0.1) is 39.1 Å². The summed E-state index contributed by atoms with van der Waals surface area (Å²) >= 11 is 0.